The van der Waals surface area contributed by atoms with Crippen molar-refractivity contribution in [2.24, 2.45) is 0 Å². The Balaban J connectivity index is 4.87. The lowest BCUT2D eigenvalue weighted by atomic mass is 10.0. The summed E-state index contributed by atoms with van der Waals surface area (Å²) in [6.07, 6.45) is -6.15. The number of ether oxygens (including phenoxy) is 1. The molecule has 0 aliphatic carbocycles. The van der Waals surface area contributed by atoms with Gasteiger partial charge in [-0.3, -0.25) is 0 Å². The van der Waals surface area contributed by atoms with Crippen LogP contribution in [-0.4, -0.2) is 73.9 Å². The normalized spacial score (nSPS) is 20.9. The average Bonchev–Trinajstić information content (AvgIpc) is 2.25. The molecule has 0 unspecified atom stereocenters. The molecular weight excluding hydrogens is 224 g/mol. The zero-order chi connectivity index (χ0) is 12.9. The lowest BCUT2D eigenvalue weighted by molar-refractivity contribution is -0.277. The number of hydrogen-bond donors (Lipinski definition) is 6. The second-order valence-corrected chi connectivity index (χ2v) is 3.12. The molecule has 0 spiro atoms. The Bertz CT molecular complexity index is 232. The van der Waals surface area contributed by atoms with Crippen molar-refractivity contribution in [3.63, 3.8) is 0 Å². The van der Waals surface area contributed by atoms with Crippen LogP contribution in [0.1, 0.15) is 6.92 Å². The highest BCUT2D eigenvalue weighted by atomic mass is 16.7. The van der Waals surface area contributed by atoms with E-state index in [-0.39, 0.29) is 6.61 Å². The molecule has 0 aromatic carbocycles. The van der Waals surface area contributed by atoms with Crippen LogP contribution in [0.3, 0.4) is 0 Å². The maximum Gasteiger partial charge on any atom is 0.367 e. The Morgan fingerprint density at radius 1 is 1.38 bits per heavy atom. The molecule has 0 rings (SSSR count). The fourth-order valence-electron chi connectivity index (χ4n) is 1.04. The van der Waals surface area contributed by atoms with Crippen molar-refractivity contribution in [3.05, 3.63) is 0 Å². The van der Waals surface area contributed by atoms with Crippen LogP contribution in [0.15, 0.2) is 0 Å². The van der Waals surface area contributed by atoms with E-state index >= 15 is 0 Å². The highest BCUT2D eigenvalue weighted by Crippen LogP contribution is 2.18. The molecule has 8 heteroatoms. The number of carbonyl (C=O) groups is 1. The Morgan fingerprint density at radius 2 is 1.88 bits per heavy atom. The van der Waals surface area contributed by atoms with Gasteiger partial charge in [0.1, 0.15) is 18.3 Å². The highest BCUT2D eigenvalue weighted by Gasteiger charge is 2.50. The Labute approximate surface area is 91.3 Å². The molecule has 0 aliphatic rings. The van der Waals surface area contributed by atoms with Gasteiger partial charge in [-0.15, -0.1) is 0 Å². The van der Waals surface area contributed by atoms with Crippen molar-refractivity contribution in [1.82, 2.24) is 0 Å². The van der Waals surface area contributed by atoms with E-state index < -0.39 is 36.7 Å². The molecule has 16 heavy (non-hydrogen) atoms. The van der Waals surface area contributed by atoms with Gasteiger partial charge in [0, 0.05) is 6.61 Å². The molecule has 0 bridgehead atoms. The van der Waals surface area contributed by atoms with Crippen LogP contribution < -0.4 is 0 Å². The van der Waals surface area contributed by atoms with Crippen LogP contribution in [0.25, 0.3) is 0 Å². The second kappa shape index (κ2) is 6.09. The molecule has 8 nitrogen and oxygen atoms in total. The summed E-state index contributed by atoms with van der Waals surface area (Å²) in [6.45, 7) is 0.233. The predicted octanol–water partition coefficient (Wildman–Crippen LogP) is -3.13. The van der Waals surface area contributed by atoms with Gasteiger partial charge in [-0.1, -0.05) is 0 Å². The zero-order valence-electron chi connectivity index (χ0n) is 8.65. The fraction of sp³-hybridized carbons (Fsp3) is 0.875. The zero-order valence-corrected chi connectivity index (χ0v) is 8.65. The molecule has 4 atom stereocenters. The van der Waals surface area contributed by atoms with Crippen molar-refractivity contribution in [2.75, 3.05) is 13.2 Å². The molecule has 0 fully saturated rings. The number of carboxylic acid groups (broad SMARTS) is 1. The van der Waals surface area contributed by atoms with Crippen LogP contribution in [0.5, 0.6) is 0 Å². The smallest absolute Gasteiger partial charge is 0.367 e. The van der Waals surface area contributed by atoms with E-state index in [4.69, 9.17) is 15.3 Å². The van der Waals surface area contributed by atoms with Crippen molar-refractivity contribution in [3.8, 4) is 0 Å². The summed E-state index contributed by atoms with van der Waals surface area (Å²) in [5.41, 5.74) is 0. The van der Waals surface area contributed by atoms with E-state index in [1.54, 1.807) is 0 Å². The van der Waals surface area contributed by atoms with E-state index in [0.29, 0.717) is 0 Å². The predicted molar refractivity (Wildman–Crippen MR) is 49.3 cm³/mol. The van der Waals surface area contributed by atoms with Gasteiger partial charge in [0.15, 0.2) is 0 Å². The minimum Gasteiger partial charge on any atom is -0.477 e. The van der Waals surface area contributed by atoms with Crippen molar-refractivity contribution < 1.29 is 40.2 Å². The Hall–Kier alpha value is -0.770. The first-order valence-corrected chi connectivity index (χ1v) is 4.56. The molecule has 0 aliphatic heterocycles. The van der Waals surface area contributed by atoms with Crippen LogP contribution in [0.2, 0.25) is 0 Å². The van der Waals surface area contributed by atoms with E-state index in [0.717, 1.165) is 0 Å². The Morgan fingerprint density at radius 3 is 2.19 bits per heavy atom. The van der Waals surface area contributed by atoms with Gasteiger partial charge in [0.05, 0.1) is 6.61 Å². The summed E-state index contributed by atoms with van der Waals surface area (Å²) in [7, 11) is 0. The van der Waals surface area contributed by atoms with Crippen molar-refractivity contribution in [1.29, 1.82) is 0 Å². The monoisotopic (exact) mass is 240 g/mol. The number of rotatable bonds is 7. The van der Waals surface area contributed by atoms with E-state index in [1.807, 2.05) is 0 Å². The standard InChI is InChI=1S/C8H16O8/c1-2-16-8(15,7(13)14)6(12)5(11)4(10)3-9/h4-6,9-12,15H,2-3H2,1H3,(H,13,14)/t4-,5-,6+,8-/m1/s1. The highest BCUT2D eigenvalue weighted by molar-refractivity contribution is 5.76. The molecule has 0 aromatic heterocycles. The lowest BCUT2D eigenvalue weighted by Gasteiger charge is -2.32. The first-order valence-electron chi connectivity index (χ1n) is 4.56. The van der Waals surface area contributed by atoms with Crippen LogP contribution in [0.4, 0.5) is 0 Å². The molecule has 0 radical (unpaired) electrons. The summed E-state index contributed by atoms with van der Waals surface area (Å²) < 4.78 is 4.42. The van der Waals surface area contributed by atoms with Gasteiger partial charge >= 0.3 is 5.97 Å². The summed E-state index contributed by atoms with van der Waals surface area (Å²) in [6, 6.07) is 0. The molecule has 96 valence electrons. The van der Waals surface area contributed by atoms with Crippen LogP contribution >= 0.6 is 0 Å². The van der Waals surface area contributed by atoms with E-state index in [9.17, 15) is 20.1 Å². The topological polar surface area (TPSA) is 148 Å². The summed E-state index contributed by atoms with van der Waals surface area (Å²) in [4.78, 5) is 10.7. The first-order chi connectivity index (χ1) is 7.31. The van der Waals surface area contributed by atoms with Gasteiger partial charge in [-0.2, -0.15) is 0 Å². The molecule has 0 saturated heterocycles. The van der Waals surface area contributed by atoms with Gasteiger partial charge in [0.25, 0.3) is 5.79 Å². The number of carboxylic acids is 1. The third-order valence-electron chi connectivity index (χ3n) is 1.98. The number of hydrogen-bond acceptors (Lipinski definition) is 7. The molecule has 0 heterocycles. The molecule has 6 N–H and O–H groups in total. The lowest BCUT2D eigenvalue weighted by Crippen LogP contribution is -2.59. The third-order valence-corrected chi connectivity index (χ3v) is 1.98. The maximum atomic E-state index is 10.7. The van der Waals surface area contributed by atoms with Gasteiger partial charge in [-0.05, 0) is 6.92 Å². The van der Waals surface area contributed by atoms with E-state index in [1.165, 1.54) is 6.92 Å². The quantitative estimate of drug-likeness (QED) is 0.256. The van der Waals surface area contributed by atoms with Crippen LogP contribution in [0, 0.1) is 0 Å². The largest absolute Gasteiger partial charge is 0.477 e. The fourth-order valence-corrected chi connectivity index (χ4v) is 1.04. The van der Waals surface area contributed by atoms with Crippen molar-refractivity contribution >= 4 is 5.97 Å². The summed E-state index contributed by atoms with van der Waals surface area (Å²) in [5, 5.41) is 54.2. The average molecular weight is 240 g/mol. The SMILES string of the molecule is CCO[C@@](O)(C(=O)O)[C@@H](O)[C@H](O)[C@H](O)CO. The summed E-state index contributed by atoms with van der Waals surface area (Å²) >= 11 is 0. The molecule has 0 aromatic rings. The second-order valence-electron chi connectivity index (χ2n) is 3.12. The number of aliphatic carboxylic acids is 1. The molecular formula is C8H16O8. The number of aliphatic hydroxyl groups excluding tert-OH is 4. The minimum atomic E-state index is -3.04. The van der Waals surface area contributed by atoms with E-state index in [2.05, 4.69) is 4.74 Å². The third kappa shape index (κ3) is 3.11. The Kier molecular flexibility index (Phi) is 5.79. The summed E-state index contributed by atoms with van der Waals surface area (Å²) in [5.74, 6) is -4.95. The van der Waals surface area contributed by atoms with Crippen LogP contribution in [-0.2, 0) is 9.53 Å². The first kappa shape index (κ1) is 15.2. The van der Waals surface area contributed by atoms with Gasteiger partial charge in [0.2, 0.25) is 0 Å². The van der Waals surface area contributed by atoms with Crippen molar-refractivity contribution in [2.45, 2.75) is 31.0 Å². The van der Waals surface area contributed by atoms with Gasteiger partial charge < -0.3 is 35.4 Å². The molecule has 0 saturated carbocycles. The maximum absolute atomic E-state index is 10.7. The van der Waals surface area contributed by atoms with Gasteiger partial charge in [-0.25, -0.2) is 4.79 Å². The molecule has 0 amide bonds. The number of aliphatic hydroxyl groups is 5. The minimum absolute atomic E-state index is 0.234.